The molecular formula is C37H43N3O6. The summed E-state index contributed by atoms with van der Waals surface area (Å²) in [7, 11) is 0. The van der Waals surface area contributed by atoms with Gasteiger partial charge < -0.3 is 29.3 Å². The number of aliphatic hydroxyl groups excluding tert-OH is 1. The molecule has 9 heteroatoms. The van der Waals surface area contributed by atoms with Crippen molar-refractivity contribution in [2.24, 2.45) is 5.92 Å². The zero-order valence-electron chi connectivity index (χ0n) is 26.9. The minimum Gasteiger partial charge on any atom is -0.482 e. The number of carbonyl (C=O) groups excluding carboxylic acids is 3. The predicted octanol–water partition coefficient (Wildman–Crippen LogP) is 6.00. The Hall–Kier alpha value is -4.37. The molecule has 2 aliphatic heterocycles. The van der Waals surface area contributed by atoms with Crippen LogP contribution in [0.25, 0.3) is 11.1 Å². The van der Waals surface area contributed by atoms with Gasteiger partial charge in [0.1, 0.15) is 11.4 Å². The Bertz CT molecular complexity index is 1580. The van der Waals surface area contributed by atoms with E-state index in [1.165, 1.54) is 0 Å². The fraction of sp³-hybridized carbons (Fsp3) is 0.432. The van der Waals surface area contributed by atoms with Crippen LogP contribution >= 0.6 is 0 Å². The van der Waals surface area contributed by atoms with E-state index in [1.807, 2.05) is 68.1 Å². The summed E-state index contributed by atoms with van der Waals surface area (Å²) in [6, 6.07) is 24.2. The number of carbonyl (C=O) groups is 3. The molecule has 1 saturated carbocycles. The monoisotopic (exact) mass is 625 g/mol. The molecule has 2 atom stereocenters. The van der Waals surface area contributed by atoms with Crippen LogP contribution in [0.4, 0.5) is 16.2 Å². The van der Waals surface area contributed by atoms with E-state index < -0.39 is 17.6 Å². The Balaban J connectivity index is 1.36. The Labute approximate surface area is 270 Å². The highest BCUT2D eigenvalue weighted by atomic mass is 16.6. The number of piperidine rings is 1. The number of nitrogens with zero attached hydrogens (tertiary/aromatic N) is 3. The molecule has 0 bridgehead atoms. The molecule has 1 aliphatic carbocycles. The van der Waals surface area contributed by atoms with Crippen LogP contribution in [0, 0.1) is 5.92 Å². The van der Waals surface area contributed by atoms with Crippen LogP contribution in [0.1, 0.15) is 57.9 Å². The average molecular weight is 626 g/mol. The second-order valence-corrected chi connectivity index (χ2v) is 13.4. The quantitative estimate of drug-likeness (QED) is 0.330. The van der Waals surface area contributed by atoms with Gasteiger partial charge in [-0.1, -0.05) is 54.6 Å². The van der Waals surface area contributed by atoms with Crippen LogP contribution in [-0.4, -0.2) is 72.4 Å². The van der Waals surface area contributed by atoms with Crippen molar-refractivity contribution in [1.82, 2.24) is 4.90 Å². The number of amides is 3. The van der Waals surface area contributed by atoms with E-state index in [1.54, 1.807) is 9.80 Å². The molecule has 0 aromatic heterocycles. The minimum absolute atomic E-state index is 0.0323. The Morgan fingerprint density at radius 1 is 0.978 bits per heavy atom. The van der Waals surface area contributed by atoms with Gasteiger partial charge >= 0.3 is 6.09 Å². The lowest BCUT2D eigenvalue weighted by Crippen LogP contribution is -2.51. The van der Waals surface area contributed by atoms with Gasteiger partial charge in [-0.3, -0.25) is 9.59 Å². The van der Waals surface area contributed by atoms with Crippen LogP contribution in [-0.2, 0) is 14.3 Å². The van der Waals surface area contributed by atoms with Gasteiger partial charge in [-0.05, 0) is 87.3 Å². The second kappa shape index (κ2) is 13.2. The van der Waals surface area contributed by atoms with Crippen molar-refractivity contribution >= 4 is 29.3 Å². The summed E-state index contributed by atoms with van der Waals surface area (Å²) in [6.07, 6.45) is 2.40. The molecular weight excluding hydrogens is 582 g/mol. The number of fused-ring (bicyclic) bond motifs is 1. The molecule has 46 heavy (non-hydrogen) atoms. The molecule has 3 amide bonds. The summed E-state index contributed by atoms with van der Waals surface area (Å²) >= 11 is 0. The van der Waals surface area contributed by atoms with Gasteiger partial charge in [0, 0.05) is 38.0 Å². The number of rotatable bonds is 8. The topological polar surface area (TPSA) is 99.6 Å². The van der Waals surface area contributed by atoms with Gasteiger partial charge in [-0.2, -0.15) is 0 Å². The molecule has 2 fully saturated rings. The summed E-state index contributed by atoms with van der Waals surface area (Å²) in [6.45, 7) is 6.53. The maximum atomic E-state index is 14.9. The number of aliphatic hydroxyl groups is 1. The molecule has 6 rings (SSSR count). The molecule has 2 heterocycles. The first-order chi connectivity index (χ1) is 22.1. The molecule has 3 aromatic rings. The number of anilines is 2. The van der Waals surface area contributed by atoms with E-state index in [9.17, 15) is 19.5 Å². The summed E-state index contributed by atoms with van der Waals surface area (Å²) in [4.78, 5) is 46.1. The number of likely N-dealkylation sites (tertiary alicyclic amines) is 1. The van der Waals surface area contributed by atoms with Crippen LogP contribution in [0.15, 0.2) is 72.8 Å². The Morgan fingerprint density at radius 2 is 1.74 bits per heavy atom. The van der Waals surface area contributed by atoms with Gasteiger partial charge in [0.25, 0.3) is 5.91 Å². The van der Waals surface area contributed by atoms with Crippen molar-refractivity contribution in [2.75, 3.05) is 42.6 Å². The summed E-state index contributed by atoms with van der Waals surface area (Å²) in [5, 5.41) is 9.44. The van der Waals surface area contributed by atoms with Crippen molar-refractivity contribution in [3.63, 3.8) is 0 Å². The standard InChI is InChI=1S/C37H43N3O6/c1-37(2,3)46-36(44)38-19-17-30(27-12-7-11-26(21-27)25-9-5-4-6-10-25)31(23-38)35(43)40(28-13-14-28)29-15-16-33-32(22-29)39(18-8-20-41)34(42)24-45-33/h4-7,9-12,15-16,21-22,28,30-31,41H,8,13-14,17-20,23-24H2,1-3H3/t30-,31+/m1/s1. The second-order valence-electron chi connectivity index (χ2n) is 13.4. The Morgan fingerprint density at radius 3 is 2.46 bits per heavy atom. The first kappa shape index (κ1) is 31.6. The van der Waals surface area contributed by atoms with Crippen molar-refractivity contribution in [3.8, 4) is 16.9 Å². The lowest BCUT2D eigenvalue weighted by Gasteiger charge is -2.41. The van der Waals surface area contributed by atoms with Gasteiger partial charge in [0.15, 0.2) is 6.61 Å². The van der Waals surface area contributed by atoms with Crippen molar-refractivity contribution in [2.45, 2.75) is 64.0 Å². The van der Waals surface area contributed by atoms with Gasteiger partial charge in [0.2, 0.25) is 5.91 Å². The van der Waals surface area contributed by atoms with Gasteiger partial charge in [-0.15, -0.1) is 0 Å². The van der Waals surface area contributed by atoms with Crippen LogP contribution < -0.4 is 14.5 Å². The maximum Gasteiger partial charge on any atom is 0.410 e. The fourth-order valence-corrected chi connectivity index (χ4v) is 6.52. The van der Waals surface area contributed by atoms with E-state index in [0.29, 0.717) is 43.1 Å². The van der Waals surface area contributed by atoms with Crippen molar-refractivity contribution in [1.29, 1.82) is 0 Å². The third-order valence-electron chi connectivity index (χ3n) is 8.86. The number of ether oxygens (including phenoxy) is 2. The molecule has 3 aromatic carbocycles. The first-order valence-electron chi connectivity index (χ1n) is 16.3. The van der Waals surface area contributed by atoms with Crippen molar-refractivity contribution in [3.05, 3.63) is 78.4 Å². The molecule has 1 N–H and O–H groups in total. The maximum absolute atomic E-state index is 14.9. The fourth-order valence-electron chi connectivity index (χ4n) is 6.52. The molecule has 0 unspecified atom stereocenters. The first-order valence-corrected chi connectivity index (χ1v) is 16.3. The molecule has 0 spiro atoms. The van der Waals surface area contributed by atoms with E-state index in [-0.39, 0.29) is 43.5 Å². The molecule has 0 radical (unpaired) electrons. The Kier molecular flexibility index (Phi) is 9.04. The third-order valence-corrected chi connectivity index (χ3v) is 8.86. The lowest BCUT2D eigenvalue weighted by molar-refractivity contribution is -0.124. The van der Waals surface area contributed by atoms with E-state index in [4.69, 9.17) is 9.47 Å². The van der Waals surface area contributed by atoms with E-state index in [2.05, 4.69) is 30.3 Å². The summed E-state index contributed by atoms with van der Waals surface area (Å²) in [5.41, 5.74) is 3.91. The summed E-state index contributed by atoms with van der Waals surface area (Å²) < 4.78 is 11.5. The molecule has 242 valence electrons. The normalized spacial score (nSPS) is 19.7. The number of benzene rings is 3. The summed E-state index contributed by atoms with van der Waals surface area (Å²) in [5.74, 6) is -0.266. The van der Waals surface area contributed by atoms with Crippen LogP contribution in [0.3, 0.4) is 0 Å². The van der Waals surface area contributed by atoms with E-state index in [0.717, 1.165) is 29.5 Å². The van der Waals surface area contributed by atoms with Gasteiger partial charge in [0.05, 0.1) is 11.6 Å². The average Bonchev–Trinajstić information content (AvgIpc) is 3.89. The zero-order valence-corrected chi connectivity index (χ0v) is 26.9. The SMILES string of the molecule is CC(C)(C)OC(=O)N1CC[C@H](c2cccc(-c3ccccc3)c2)[C@@H](C(=O)N(c2ccc3c(c2)N(CCCO)C(=O)CO3)C2CC2)C1. The molecule has 9 nitrogen and oxygen atoms in total. The lowest BCUT2D eigenvalue weighted by atomic mass is 9.79. The minimum atomic E-state index is -0.651. The zero-order chi connectivity index (χ0) is 32.4. The highest BCUT2D eigenvalue weighted by molar-refractivity contribution is 6.01. The van der Waals surface area contributed by atoms with E-state index >= 15 is 0 Å². The number of hydrogen-bond acceptors (Lipinski definition) is 6. The van der Waals surface area contributed by atoms with Crippen LogP contribution in [0.5, 0.6) is 5.75 Å². The molecule has 1 saturated heterocycles. The van der Waals surface area contributed by atoms with Gasteiger partial charge in [-0.25, -0.2) is 4.79 Å². The third kappa shape index (κ3) is 6.89. The highest BCUT2D eigenvalue weighted by Gasteiger charge is 2.44. The predicted molar refractivity (Wildman–Crippen MR) is 177 cm³/mol. The highest BCUT2D eigenvalue weighted by Crippen LogP contribution is 2.43. The molecule has 3 aliphatic rings. The number of hydrogen-bond donors (Lipinski definition) is 1. The van der Waals surface area contributed by atoms with Crippen LogP contribution in [0.2, 0.25) is 0 Å². The largest absolute Gasteiger partial charge is 0.482 e. The van der Waals surface area contributed by atoms with Crippen molar-refractivity contribution < 1.29 is 29.0 Å². The smallest absolute Gasteiger partial charge is 0.410 e.